The Balaban J connectivity index is 1.61. The Hall–Kier alpha value is -4.41. The number of benzene rings is 2. The number of nitrogens with one attached hydrogen (secondary N) is 2. The van der Waals surface area contributed by atoms with Gasteiger partial charge in [-0.3, -0.25) is 9.59 Å². The fraction of sp³-hybridized carbons (Fsp3) is 0.167. The van der Waals surface area contributed by atoms with Gasteiger partial charge in [-0.2, -0.15) is 13.2 Å². The molecule has 0 atom stereocenters. The second kappa shape index (κ2) is 9.09. The molecule has 0 unspecified atom stereocenters. The monoisotopic (exact) mass is 483 g/mol. The lowest BCUT2D eigenvalue weighted by atomic mass is 10.1. The number of aromatic nitrogens is 3. The molecule has 2 aromatic carbocycles. The lowest BCUT2D eigenvalue weighted by Gasteiger charge is -2.14. The third-order valence-electron chi connectivity index (χ3n) is 5.26. The van der Waals surface area contributed by atoms with Gasteiger partial charge in [0, 0.05) is 28.8 Å². The zero-order valence-electron chi connectivity index (χ0n) is 18.9. The van der Waals surface area contributed by atoms with Crippen molar-refractivity contribution >= 4 is 23.2 Å². The van der Waals surface area contributed by atoms with Gasteiger partial charge in [0.05, 0.1) is 23.8 Å². The highest BCUT2D eigenvalue weighted by Crippen LogP contribution is 2.32. The quantitative estimate of drug-likeness (QED) is 0.401. The minimum atomic E-state index is -4.65. The number of amides is 2. The van der Waals surface area contributed by atoms with E-state index in [2.05, 4.69) is 20.8 Å². The maximum atomic E-state index is 13.5. The number of rotatable bonds is 5. The molecule has 11 heteroatoms. The van der Waals surface area contributed by atoms with Crippen LogP contribution in [0.5, 0.6) is 0 Å². The highest BCUT2D eigenvalue weighted by atomic mass is 19.4. The molecule has 0 aliphatic heterocycles. The number of carbonyl (C=O) groups is 2. The standard InChI is InChI=1S/C24H20F3N5O3/c1-13-4-5-18(9-21(13)31-23(34)20-10-29-35-15(20)3)30-22(33)16-6-17(24(25,26)27)8-19(7-16)32-11-14(2)28-12-32/h4-12H,1-3H3,(H,30,33)(H,31,34). The summed E-state index contributed by atoms with van der Waals surface area (Å²) >= 11 is 0. The molecule has 4 rings (SSSR count). The summed E-state index contributed by atoms with van der Waals surface area (Å²) in [6.07, 6.45) is -0.428. The first-order valence-electron chi connectivity index (χ1n) is 10.4. The Kier molecular flexibility index (Phi) is 6.16. The van der Waals surface area contributed by atoms with Crippen molar-refractivity contribution in [2.75, 3.05) is 10.6 Å². The highest BCUT2D eigenvalue weighted by molar-refractivity contribution is 6.07. The van der Waals surface area contributed by atoms with Crippen LogP contribution in [0, 0.1) is 20.8 Å². The summed E-state index contributed by atoms with van der Waals surface area (Å²) in [6.45, 7) is 5.06. The molecule has 0 bridgehead atoms. The topological polar surface area (TPSA) is 102 Å². The van der Waals surface area contributed by atoms with Gasteiger partial charge in [-0.05, 0) is 56.7 Å². The van der Waals surface area contributed by atoms with Gasteiger partial charge in [-0.1, -0.05) is 11.2 Å². The summed E-state index contributed by atoms with van der Waals surface area (Å²) in [4.78, 5) is 29.4. The van der Waals surface area contributed by atoms with Crippen LogP contribution in [-0.4, -0.2) is 26.5 Å². The molecule has 180 valence electrons. The van der Waals surface area contributed by atoms with E-state index in [1.54, 1.807) is 39.1 Å². The number of hydrogen-bond acceptors (Lipinski definition) is 5. The molecule has 35 heavy (non-hydrogen) atoms. The molecule has 0 aliphatic rings. The van der Waals surface area contributed by atoms with Crippen LogP contribution in [-0.2, 0) is 6.18 Å². The summed E-state index contributed by atoms with van der Waals surface area (Å²) in [5, 5.41) is 8.89. The predicted molar refractivity (Wildman–Crippen MR) is 122 cm³/mol. The number of halogens is 3. The maximum absolute atomic E-state index is 13.5. The molecule has 2 heterocycles. The second-order valence-electron chi connectivity index (χ2n) is 7.92. The predicted octanol–water partition coefficient (Wildman–Crippen LogP) is 5.31. The summed E-state index contributed by atoms with van der Waals surface area (Å²) in [7, 11) is 0. The van der Waals surface area contributed by atoms with Crippen molar-refractivity contribution in [2.45, 2.75) is 26.9 Å². The third-order valence-corrected chi connectivity index (χ3v) is 5.26. The molecule has 2 N–H and O–H groups in total. The number of imidazole rings is 1. The molecular formula is C24H20F3N5O3. The van der Waals surface area contributed by atoms with E-state index in [1.807, 2.05) is 0 Å². The number of nitrogens with zero attached hydrogens (tertiary/aromatic N) is 3. The normalized spacial score (nSPS) is 11.4. The van der Waals surface area contributed by atoms with Crippen LogP contribution in [0.4, 0.5) is 24.5 Å². The Labute approximate surface area is 197 Å². The van der Waals surface area contributed by atoms with E-state index in [0.29, 0.717) is 22.7 Å². The average molecular weight is 483 g/mol. The molecule has 2 aromatic heterocycles. The Morgan fingerprint density at radius 1 is 1.00 bits per heavy atom. The number of carbonyl (C=O) groups excluding carboxylic acids is 2. The van der Waals surface area contributed by atoms with Gasteiger partial charge in [0.2, 0.25) is 0 Å². The van der Waals surface area contributed by atoms with Crippen molar-refractivity contribution < 1.29 is 27.3 Å². The highest BCUT2D eigenvalue weighted by Gasteiger charge is 2.32. The zero-order chi connectivity index (χ0) is 25.3. The Morgan fingerprint density at radius 2 is 1.77 bits per heavy atom. The van der Waals surface area contributed by atoms with Crippen LogP contribution in [0.1, 0.15) is 43.3 Å². The Bertz CT molecular complexity index is 1420. The van der Waals surface area contributed by atoms with Crippen molar-refractivity contribution in [1.29, 1.82) is 0 Å². The molecule has 4 aromatic rings. The molecule has 0 saturated carbocycles. The number of anilines is 2. The van der Waals surface area contributed by atoms with Gasteiger partial charge in [0.15, 0.2) is 0 Å². The summed E-state index contributed by atoms with van der Waals surface area (Å²) in [6, 6.07) is 7.84. The fourth-order valence-electron chi connectivity index (χ4n) is 3.36. The van der Waals surface area contributed by atoms with E-state index in [-0.39, 0.29) is 22.5 Å². The van der Waals surface area contributed by atoms with Crippen molar-refractivity contribution in [3.05, 3.63) is 88.8 Å². The van der Waals surface area contributed by atoms with Crippen LogP contribution in [0.2, 0.25) is 0 Å². The molecule has 2 amide bonds. The van der Waals surface area contributed by atoms with Gasteiger partial charge in [0.25, 0.3) is 11.8 Å². The van der Waals surface area contributed by atoms with Crippen LogP contribution in [0.25, 0.3) is 5.69 Å². The van der Waals surface area contributed by atoms with E-state index in [4.69, 9.17) is 4.52 Å². The van der Waals surface area contributed by atoms with Crippen molar-refractivity contribution in [3.63, 3.8) is 0 Å². The second-order valence-corrected chi connectivity index (χ2v) is 7.92. The van der Waals surface area contributed by atoms with E-state index in [0.717, 1.165) is 12.1 Å². The van der Waals surface area contributed by atoms with E-state index < -0.39 is 23.6 Å². The van der Waals surface area contributed by atoms with Gasteiger partial charge in [-0.25, -0.2) is 4.98 Å². The summed E-state index contributed by atoms with van der Waals surface area (Å²) < 4.78 is 46.9. The van der Waals surface area contributed by atoms with Crippen LogP contribution in [0.15, 0.2) is 59.6 Å². The minimum absolute atomic E-state index is 0.145. The number of hydrogen-bond donors (Lipinski definition) is 2. The number of aryl methyl sites for hydroxylation is 3. The maximum Gasteiger partial charge on any atom is 0.416 e. The molecule has 0 saturated heterocycles. The van der Waals surface area contributed by atoms with Gasteiger partial charge in [-0.15, -0.1) is 0 Å². The zero-order valence-corrected chi connectivity index (χ0v) is 18.9. The molecule has 0 spiro atoms. The van der Waals surface area contributed by atoms with E-state index in [9.17, 15) is 22.8 Å². The van der Waals surface area contributed by atoms with Crippen LogP contribution >= 0.6 is 0 Å². The van der Waals surface area contributed by atoms with E-state index in [1.165, 1.54) is 29.2 Å². The number of alkyl halides is 3. The smallest absolute Gasteiger partial charge is 0.361 e. The summed E-state index contributed by atoms with van der Waals surface area (Å²) in [5.41, 5.74) is 1.27. The van der Waals surface area contributed by atoms with Crippen molar-refractivity contribution in [2.24, 2.45) is 0 Å². The molecule has 0 aliphatic carbocycles. The first-order valence-corrected chi connectivity index (χ1v) is 10.4. The van der Waals surface area contributed by atoms with Gasteiger partial charge in [0.1, 0.15) is 11.3 Å². The van der Waals surface area contributed by atoms with Gasteiger partial charge >= 0.3 is 6.18 Å². The van der Waals surface area contributed by atoms with E-state index >= 15 is 0 Å². The Morgan fingerprint density at radius 3 is 2.40 bits per heavy atom. The first kappa shape index (κ1) is 23.7. The first-order chi connectivity index (χ1) is 16.5. The third kappa shape index (κ3) is 5.24. The SMILES string of the molecule is Cc1cn(-c2cc(C(=O)Nc3ccc(C)c(NC(=O)c4cnoc4C)c3)cc(C(F)(F)F)c2)cn1. The fourth-order valence-corrected chi connectivity index (χ4v) is 3.36. The molecule has 8 nitrogen and oxygen atoms in total. The molecular weight excluding hydrogens is 463 g/mol. The minimum Gasteiger partial charge on any atom is -0.361 e. The van der Waals surface area contributed by atoms with Crippen LogP contribution < -0.4 is 10.6 Å². The lowest BCUT2D eigenvalue weighted by molar-refractivity contribution is -0.137. The summed E-state index contributed by atoms with van der Waals surface area (Å²) in [5.74, 6) is -0.850. The average Bonchev–Trinajstić information content (AvgIpc) is 3.43. The lowest BCUT2D eigenvalue weighted by Crippen LogP contribution is -2.16. The largest absolute Gasteiger partial charge is 0.416 e. The van der Waals surface area contributed by atoms with Crippen molar-refractivity contribution in [3.8, 4) is 5.69 Å². The van der Waals surface area contributed by atoms with Crippen LogP contribution in [0.3, 0.4) is 0 Å². The molecule has 0 radical (unpaired) electrons. The molecule has 0 fully saturated rings. The van der Waals surface area contributed by atoms with Crippen molar-refractivity contribution in [1.82, 2.24) is 14.7 Å². The van der Waals surface area contributed by atoms with Gasteiger partial charge < -0.3 is 19.7 Å².